The van der Waals surface area contributed by atoms with Crippen molar-refractivity contribution in [3.8, 4) is 11.5 Å². The van der Waals surface area contributed by atoms with Gasteiger partial charge >= 0.3 is 5.69 Å². The number of H-pyrrole nitrogens is 1. The summed E-state index contributed by atoms with van der Waals surface area (Å²) in [5, 5.41) is 5.32. The summed E-state index contributed by atoms with van der Waals surface area (Å²) in [4.78, 5) is 28.1. The van der Waals surface area contributed by atoms with Crippen molar-refractivity contribution >= 4 is 28.0 Å². The molecule has 0 spiro atoms. The minimum absolute atomic E-state index is 0.153. The molecule has 0 radical (unpaired) electrons. The lowest BCUT2D eigenvalue weighted by Crippen LogP contribution is -2.15. The third-order valence-electron chi connectivity index (χ3n) is 4.96. The van der Waals surface area contributed by atoms with Crippen LogP contribution in [-0.2, 0) is 13.1 Å². The monoisotopic (exact) mass is 404 g/mol. The van der Waals surface area contributed by atoms with Crippen LogP contribution in [0.15, 0.2) is 47.4 Å². The Balaban J connectivity index is 1.72. The van der Waals surface area contributed by atoms with Gasteiger partial charge in [0, 0.05) is 18.3 Å². The Hall–Kier alpha value is -4.08. The standard InChI is InChI=1S/C20H17FN8O/c1-2-28-19-15(24-20(28)30)16(22)25-17(26-19)14-12-7-5-9-23-18(12)29(27-14)10-11-6-3-4-8-13(11)21/h3-9H,2,10H2,1H3,(H,24,30)(H2,22,25,26). The molecule has 0 atom stereocenters. The molecule has 0 aliphatic rings. The van der Waals surface area contributed by atoms with E-state index in [1.165, 1.54) is 10.6 Å². The van der Waals surface area contributed by atoms with Crippen LogP contribution in [0.25, 0.3) is 33.7 Å². The number of benzene rings is 1. The Bertz CT molecular complexity index is 1470. The second-order valence-corrected chi connectivity index (χ2v) is 6.78. The Morgan fingerprint density at radius 3 is 2.77 bits per heavy atom. The van der Waals surface area contributed by atoms with Crippen molar-refractivity contribution in [3.63, 3.8) is 0 Å². The van der Waals surface area contributed by atoms with Gasteiger partial charge in [-0.15, -0.1) is 0 Å². The number of halogens is 1. The Morgan fingerprint density at radius 1 is 1.13 bits per heavy atom. The zero-order chi connectivity index (χ0) is 20.8. The molecule has 10 heteroatoms. The van der Waals surface area contributed by atoms with Crippen LogP contribution in [0.1, 0.15) is 12.5 Å². The van der Waals surface area contributed by atoms with Gasteiger partial charge in [-0.1, -0.05) is 18.2 Å². The van der Waals surface area contributed by atoms with E-state index in [0.717, 1.165) is 0 Å². The summed E-state index contributed by atoms with van der Waals surface area (Å²) in [6.07, 6.45) is 1.64. The summed E-state index contributed by atoms with van der Waals surface area (Å²) < 4.78 is 17.3. The summed E-state index contributed by atoms with van der Waals surface area (Å²) in [6.45, 7) is 2.47. The molecule has 5 rings (SSSR count). The molecule has 0 aliphatic carbocycles. The molecule has 9 nitrogen and oxygen atoms in total. The maximum absolute atomic E-state index is 14.2. The number of fused-ring (bicyclic) bond motifs is 2. The molecule has 4 aromatic heterocycles. The summed E-state index contributed by atoms with van der Waals surface area (Å²) in [5.41, 5.74) is 8.10. The van der Waals surface area contributed by atoms with E-state index in [9.17, 15) is 9.18 Å². The van der Waals surface area contributed by atoms with Crippen LogP contribution < -0.4 is 11.4 Å². The molecular formula is C20H17FN8O. The third-order valence-corrected chi connectivity index (χ3v) is 4.96. The highest BCUT2D eigenvalue weighted by Crippen LogP contribution is 2.27. The quantitative estimate of drug-likeness (QED) is 0.474. The molecule has 30 heavy (non-hydrogen) atoms. The largest absolute Gasteiger partial charge is 0.382 e. The fraction of sp³-hybridized carbons (Fsp3) is 0.150. The van der Waals surface area contributed by atoms with Gasteiger partial charge in [0.1, 0.15) is 17.0 Å². The van der Waals surface area contributed by atoms with Gasteiger partial charge in [-0.3, -0.25) is 4.57 Å². The molecule has 150 valence electrons. The van der Waals surface area contributed by atoms with Gasteiger partial charge in [-0.05, 0) is 25.1 Å². The number of pyridine rings is 1. The van der Waals surface area contributed by atoms with Crippen LogP contribution in [0.3, 0.4) is 0 Å². The lowest BCUT2D eigenvalue weighted by molar-refractivity contribution is 0.589. The molecule has 0 fully saturated rings. The van der Waals surface area contributed by atoms with Gasteiger partial charge in [0.15, 0.2) is 22.9 Å². The number of anilines is 1. The summed E-state index contributed by atoms with van der Waals surface area (Å²) in [7, 11) is 0. The molecule has 0 saturated carbocycles. The van der Waals surface area contributed by atoms with E-state index in [1.54, 1.807) is 35.1 Å². The van der Waals surface area contributed by atoms with E-state index in [4.69, 9.17) is 5.73 Å². The van der Waals surface area contributed by atoms with E-state index in [2.05, 4.69) is 25.0 Å². The van der Waals surface area contributed by atoms with Crippen molar-refractivity contribution in [2.24, 2.45) is 0 Å². The SMILES string of the molecule is CCn1c(=O)[nH]c2c(N)nc(-c3nn(Cc4ccccc4F)c4ncccc34)nc21. The Morgan fingerprint density at radius 2 is 1.97 bits per heavy atom. The number of hydrogen-bond acceptors (Lipinski definition) is 6. The topological polar surface area (TPSA) is 120 Å². The first kappa shape index (κ1) is 18.0. The Labute approximate surface area is 169 Å². The van der Waals surface area contributed by atoms with Crippen molar-refractivity contribution in [1.29, 1.82) is 0 Å². The number of aromatic amines is 1. The normalized spacial score (nSPS) is 11.5. The van der Waals surface area contributed by atoms with Crippen LogP contribution in [-0.4, -0.2) is 34.3 Å². The number of nitrogens with zero attached hydrogens (tertiary/aromatic N) is 6. The number of nitrogens with two attached hydrogens (primary N) is 1. The molecule has 5 aromatic rings. The van der Waals surface area contributed by atoms with Crippen molar-refractivity contribution in [2.75, 3.05) is 5.73 Å². The number of aromatic nitrogens is 7. The predicted molar refractivity (Wildman–Crippen MR) is 110 cm³/mol. The summed E-state index contributed by atoms with van der Waals surface area (Å²) in [5.74, 6) is 0.103. The second kappa shape index (κ2) is 6.76. The first-order valence-electron chi connectivity index (χ1n) is 9.38. The van der Waals surface area contributed by atoms with E-state index < -0.39 is 0 Å². The average molecular weight is 404 g/mol. The van der Waals surface area contributed by atoms with Gasteiger partial charge in [0.2, 0.25) is 0 Å². The number of imidazole rings is 1. The average Bonchev–Trinajstić information content (AvgIpc) is 3.27. The zero-order valence-corrected chi connectivity index (χ0v) is 16.0. The first-order chi connectivity index (χ1) is 14.6. The molecule has 0 saturated heterocycles. The molecule has 0 bridgehead atoms. The number of aryl methyl sites for hydroxylation is 1. The molecule has 1 aromatic carbocycles. The van der Waals surface area contributed by atoms with Crippen molar-refractivity contribution < 1.29 is 4.39 Å². The van der Waals surface area contributed by atoms with Gasteiger partial charge in [0.05, 0.1) is 11.9 Å². The maximum atomic E-state index is 14.2. The summed E-state index contributed by atoms with van der Waals surface area (Å²) in [6, 6.07) is 10.1. The van der Waals surface area contributed by atoms with Crippen LogP contribution in [0.5, 0.6) is 0 Å². The Kier molecular flexibility index (Phi) is 4.05. The van der Waals surface area contributed by atoms with E-state index in [-0.39, 0.29) is 29.7 Å². The van der Waals surface area contributed by atoms with Crippen molar-refractivity contribution in [3.05, 3.63) is 64.5 Å². The number of rotatable bonds is 4. The molecule has 4 heterocycles. The molecule has 0 aliphatic heterocycles. The smallest absolute Gasteiger partial charge is 0.327 e. The van der Waals surface area contributed by atoms with Crippen molar-refractivity contribution in [1.82, 2.24) is 34.3 Å². The van der Waals surface area contributed by atoms with Crippen molar-refractivity contribution in [2.45, 2.75) is 20.0 Å². The number of hydrogen-bond donors (Lipinski definition) is 2. The maximum Gasteiger partial charge on any atom is 0.327 e. The molecule has 3 N–H and O–H groups in total. The molecule has 0 unspecified atom stereocenters. The van der Waals surface area contributed by atoms with E-state index >= 15 is 0 Å². The first-order valence-corrected chi connectivity index (χ1v) is 9.38. The van der Waals surface area contributed by atoms with Crippen LogP contribution >= 0.6 is 0 Å². The van der Waals surface area contributed by atoms with Gasteiger partial charge < -0.3 is 10.7 Å². The second-order valence-electron chi connectivity index (χ2n) is 6.78. The van der Waals surface area contributed by atoms with Crippen LogP contribution in [0.4, 0.5) is 10.2 Å². The van der Waals surface area contributed by atoms with Gasteiger partial charge in [0.25, 0.3) is 0 Å². The number of nitrogen functional groups attached to an aromatic ring is 1. The predicted octanol–water partition coefficient (Wildman–Crippen LogP) is 2.32. The summed E-state index contributed by atoms with van der Waals surface area (Å²) >= 11 is 0. The highest BCUT2D eigenvalue weighted by molar-refractivity contribution is 5.91. The van der Waals surface area contributed by atoms with E-state index in [0.29, 0.717) is 40.0 Å². The minimum atomic E-state index is -0.320. The highest BCUT2D eigenvalue weighted by atomic mass is 19.1. The highest BCUT2D eigenvalue weighted by Gasteiger charge is 2.20. The van der Waals surface area contributed by atoms with Gasteiger partial charge in [-0.25, -0.2) is 28.8 Å². The minimum Gasteiger partial charge on any atom is -0.382 e. The van der Waals surface area contributed by atoms with Gasteiger partial charge in [-0.2, -0.15) is 5.10 Å². The fourth-order valence-corrected chi connectivity index (χ4v) is 3.52. The third kappa shape index (κ3) is 2.72. The fourth-order valence-electron chi connectivity index (χ4n) is 3.52. The zero-order valence-electron chi connectivity index (χ0n) is 16.0. The lowest BCUT2D eigenvalue weighted by atomic mass is 10.2. The number of nitrogens with one attached hydrogen (secondary N) is 1. The lowest BCUT2D eigenvalue weighted by Gasteiger charge is -2.04. The van der Waals surface area contributed by atoms with Crippen LogP contribution in [0, 0.1) is 5.82 Å². The van der Waals surface area contributed by atoms with E-state index in [1.807, 2.05) is 13.0 Å². The van der Waals surface area contributed by atoms with Crippen LogP contribution in [0.2, 0.25) is 0 Å². The molecule has 0 amide bonds. The molecular weight excluding hydrogens is 387 g/mol.